The highest BCUT2D eigenvalue weighted by atomic mass is 16.5. The molecule has 1 aromatic heterocycles. The first-order valence-electron chi connectivity index (χ1n) is 6.22. The standard InChI is InChI=1S/C13H18N2O4/c1-8-3-10(13(17)18)4-12(14-8)15-5-11(6-16)19-7-9(15)2/h3-4,9,11,16H,5-7H2,1-2H3,(H,17,18). The molecule has 1 aliphatic rings. The molecule has 0 spiro atoms. The number of aromatic nitrogens is 1. The van der Waals surface area contributed by atoms with Gasteiger partial charge in [-0.1, -0.05) is 0 Å². The van der Waals surface area contributed by atoms with E-state index >= 15 is 0 Å². The van der Waals surface area contributed by atoms with Crippen LogP contribution in [-0.4, -0.2) is 53.1 Å². The van der Waals surface area contributed by atoms with E-state index in [1.165, 1.54) is 0 Å². The third kappa shape index (κ3) is 3.02. The number of ether oxygens (including phenoxy) is 1. The number of hydrogen-bond donors (Lipinski definition) is 2. The van der Waals surface area contributed by atoms with E-state index in [0.29, 0.717) is 24.7 Å². The maximum absolute atomic E-state index is 11.1. The summed E-state index contributed by atoms with van der Waals surface area (Å²) in [6.45, 7) is 4.69. The van der Waals surface area contributed by atoms with Gasteiger partial charge in [-0.15, -0.1) is 0 Å². The molecule has 6 heteroatoms. The van der Waals surface area contributed by atoms with Crippen molar-refractivity contribution in [1.29, 1.82) is 0 Å². The average molecular weight is 266 g/mol. The lowest BCUT2D eigenvalue weighted by Crippen LogP contribution is -2.50. The average Bonchev–Trinajstić information content (AvgIpc) is 2.38. The van der Waals surface area contributed by atoms with Crippen LogP contribution in [0.5, 0.6) is 0 Å². The number of aliphatic hydroxyl groups excluding tert-OH is 1. The smallest absolute Gasteiger partial charge is 0.335 e. The van der Waals surface area contributed by atoms with Gasteiger partial charge in [0.25, 0.3) is 0 Å². The second kappa shape index (κ2) is 5.54. The molecule has 2 unspecified atom stereocenters. The van der Waals surface area contributed by atoms with Gasteiger partial charge in [-0.25, -0.2) is 9.78 Å². The summed E-state index contributed by atoms with van der Waals surface area (Å²) in [4.78, 5) is 17.4. The third-order valence-electron chi connectivity index (χ3n) is 3.19. The Hall–Kier alpha value is -1.66. The van der Waals surface area contributed by atoms with Crippen LogP contribution in [0.1, 0.15) is 23.0 Å². The molecule has 0 saturated carbocycles. The Labute approximate surface area is 111 Å². The van der Waals surface area contributed by atoms with E-state index in [-0.39, 0.29) is 24.3 Å². The number of aliphatic hydroxyl groups is 1. The van der Waals surface area contributed by atoms with E-state index in [4.69, 9.17) is 9.84 Å². The van der Waals surface area contributed by atoms with Crippen molar-refractivity contribution in [2.45, 2.75) is 26.0 Å². The number of nitrogens with zero attached hydrogens (tertiary/aromatic N) is 2. The molecule has 0 amide bonds. The minimum absolute atomic E-state index is 0.0547. The molecule has 2 rings (SSSR count). The van der Waals surface area contributed by atoms with Crippen molar-refractivity contribution < 1.29 is 19.7 Å². The maximum atomic E-state index is 11.1. The van der Waals surface area contributed by atoms with Crippen LogP contribution in [0.25, 0.3) is 0 Å². The number of carbonyl (C=O) groups is 1. The summed E-state index contributed by atoms with van der Waals surface area (Å²) in [6, 6.07) is 3.20. The van der Waals surface area contributed by atoms with Gasteiger partial charge in [0.2, 0.25) is 0 Å². The topological polar surface area (TPSA) is 82.9 Å². The minimum atomic E-state index is -0.966. The predicted molar refractivity (Wildman–Crippen MR) is 69.6 cm³/mol. The summed E-state index contributed by atoms with van der Waals surface area (Å²) in [5, 5.41) is 18.3. The zero-order chi connectivity index (χ0) is 14.0. The molecular formula is C13H18N2O4. The summed E-state index contributed by atoms with van der Waals surface area (Å²) in [7, 11) is 0. The Bertz CT molecular complexity index is 478. The molecule has 0 aromatic carbocycles. The number of rotatable bonds is 3. The molecule has 2 N–H and O–H groups in total. The third-order valence-corrected chi connectivity index (χ3v) is 3.19. The first-order valence-corrected chi connectivity index (χ1v) is 6.22. The van der Waals surface area contributed by atoms with Crippen molar-refractivity contribution in [3.63, 3.8) is 0 Å². The second-order valence-corrected chi connectivity index (χ2v) is 4.80. The number of carboxylic acid groups (broad SMARTS) is 1. The number of pyridine rings is 1. The van der Waals surface area contributed by atoms with Crippen molar-refractivity contribution in [1.82, 2.24) is 4.98 Å². The molecule has 0 aliphatic carbocycles. The SMILES string of the molecule is Cc1cc(C(=O)O)cc(N2CC(CO)OCC2C)n1. The zero-order valence-electron chi connectivity index (χ0n) is 11.0. The van der Waals surface area contributed by atoms with E-state index < -0.39 is 5.97 Å². The normalized spacial score (nSPS) is 23.4. The van der Waals surface area contributed by atoms with E-state index in [0.717, 1.165) is 0 Å². The molecular weight excluding hydrogens is 248 g/mol. The molecule has 2 atom stereocenters. The lowest BCUT2D eigenvalue weighted by Gasteiger charge is -2.38. The number of aromatic carboxylic acids is 1. The van der Waals surface area contributed by atoms with Crippen molar-refractivity contribution in [3.8, 4) is 0 Å². The van der Waals surface area contributed by atoms with Gasteiger partial charge in [-0.3, -0.25) is 0 Å². The molecule has 2 heterocycles. The Balaban J connectivity index is 2.31. The number of aryl methyl sites for hydroxylation is 1. The van der Waals surface area contributed by atoms with Crippen LogP contribution in [0.3, 0.4) is 0 Å². The minimum Gasteiger partial charge on any atom is -0.478 e. The molecule has 1 aromatic rings. The summed E-state index contributed by atoms with van der Waals surface area (Å²) in [5.41, 5.74) is 0.885. The van der Waals surface area contributed by atoms with Crippen LogP contribution in [-0.2, 0) is 4.74 Å². The van der Waals surface area contributed by atoms with Crippen molar-refractivity contribution in [2.24, 2.45) is 0 Å². The zero-order valence-corrected chi connectivity index (χ0v) is 11.0. The van der Waals surface area contributed by atoms with E-state index in [1.54, 1.807) is 19.1 Å². The highest BCUT2D eigenvalue weighted by molar-refractivity contribution is 5.88. The highest BCUT2D eigenvalue weighted by Crippen LogP contribution is 2.21. The van der Waals surface area contributed by atoms with Crippen LogP contribution in [0.2, 0.25) is 0 Å². The van der Waals surface area contributed by atoms with Crippen molar-refractivity contribution in [3.05, 3.63) is 23.4 Å². The van der Waals surface area contributed by atoms with Gasteiger partial charge in [0.15, 0.2) is 0 Å². The number of carboxylic acids is 1. The Morgan fingerprint density at radius 2 is 2.32 bits per heavy atom. The van der Waals surface area contributed by atoms with Gasteiger partial charge >= 0.3 is 5.97 Å². The Morgan fingerprint density at radius 3 is 2.95 bits per heavy atom. The van der Waals surface area contributed by atoms with Crippen molar-refractivity contribution >= 4 is 11.8 Å². The summed E-state index contributed by atoms with van der Waals surface area (Å²) >= 11 is 0. The van der Waals surface area contributed by atoms with E-state index in [9.17, 15) is 9.90 Å². The quantitative estimate of drug-likeness (QED) is 0.837. The molecule has 6 nitrogen and oxygen atoms in total. The summed E-state index contributed by atoms with van der Waals surface area (Å²) in [6.07, 6.45) is -0.258. The molecule has 0 radical (unpaired) electrons. The summed E-state index contributed by atoms with van der Waals surface area (Å²) < 4.78 is 5.46. The molecule has 1 fully saturated rings. The Kier molecular flexibility index (Phi) is 4.01. The number of hydrogen-bond acceptors (Lipinski definition) is 5. The Morgan fingerprint density at radius 1 is 1.58 bits per heavy atom. The lowest BCUT2D eigenvalue weighted by atomic mass is 10.1. The van der Waals surface area contributed by atoms with Gasteiger partial charge in [0, 0.05) is 12.2 Å². The molecule has 104 valence electrons. The number of anilines is 1. The van der Waals surface area contributed by atoms with Gasteiger partial charge in [-0.05, 0) is 26.0 Å². The fourth-order valence-electron chi connectivity index (χ4n) is 2.17. The fourth-order valence-corrected chi connectivity index (χ4v) is 2.17. The second-order valence-electron chi connectivity index (χ2n) is 4.80. The molecule has 19 heavy (non-hydrogen) atoms. The van der Waals surface area contributed by atoms with Gasteiger partial charge in [0.05, 0.1) is 30.9 Å². The summed E-state index contributed by atoms with van der Waals surface area (Å²) in [5.74, 6) is -0.349. The molecule has 1 saturated heterocycles. The van der Waals surface area contributed by atoms with E-state index in [1.807, 2.05) is 11.8 Å². The van der Waals surface area contributed by atoms with Crippen LogP contribution >= 0.6 is 0 Å². The molecule has 1 aliphatic heterocycles. The largest absolute Gasteiger partial charge is 0.478 e. The van der Waals surface area contributed by atoms with E-state index in [2.05, 4.69) is 4.98 Å². The fraction of sp³-hybridized carbons (Fsp3) is 0.538. The van der Waals surface area contributed by atoms with Crippen LogP contribution in [0.4, 0.5) is 5.82 Å². The lowest BCUT2D eigenvalue weighted by molar-refractivity contribution is -0.0105. The van der Waals surface area contributed by atoms with Crippen molar-refractivity contribution in [2.75, 3.05) is 24.7 Å². The van der Waals surface area contributed by atoms with Crippen LogP contribution in [0, 0.1) is 6.92 Å². The number of morpholine rings is 1. The van der Waals surface area contributed by atoms with Gasteiger partial charge in [-0.2, -0.15) is 0 Å². The molecule has 0 bridgehead atoms. The first kappa shape index (κ1) is 13.8. The maximum Gasteiger partial charge on any atom is 0.335 e. The van der Waals surface area contributed by atoms with Gasteiger partial charge < -0.3 is 19.8 Å². The first-order chi connectivity index (χ1) is 9.01. The predicted octanol–water partition coefficient (Wildman–Crippen LogP) is 0.674. The van der Waals surface area contributed by atoms with Gasteiger partial charge in [0.1, 0.15) is 5.82 Å². The monoisotopic (exact) mass is 266 g/mol. The van der Waals surface area contributed by atoms with Crippen LogP contribution < -0.4 is 4.90 Å². The van der Waals surface area contributed by atoms with Crippen LogP contribution in [0.15, 0.2) is 12.1 Å². The highest BCUT2D eigenvalue weighted by Gasteiger charge is 2.27.